The van der Waals surface area contributed by atoms with Crippen LogP contribution in [0.4, 0.5) is 13.2 Å². The van der Waals surface area contributed by atoms with Crippen molar-refractivity contribution in [3.63, 3.8) is 0 Å². The summed E-state index contributed by atoms with van der Waals surface area (Å²) in [6.07, 6.45) is 9.79. The summed E-state index contributed by atoms with van der Waals surface area (Å²) < 4.78 is 50.1. The van der Waals surface area contributed by atoms with Crippen LogP contribution in [0.2, 0.25) is 0 Å². The number of halogens is 3. The highest BCUT2D eigenvalue weighted by atomic mass is 19.3. The van der Waals surface area contributed by atoms with Crippen LogP contribution >= 0.6 is 0 Å². The van der Waals surface area contributed by atoms with E-state index >= 15 is 4.39 Å². The molecule has 0 N–H and O–H groups in total. The lowest BCUT2D eigenvalue weighted by molar-refractivity contribution is 0.00149. The van der Waals surface area contributed by atoms with E-state index in [1.54, 1.807) is 12.1 Å². The van der Waals surface area contributed by atoms with Crippen molar-refractivity contribution in [3.8, 4) is 0 Å². The van der Waals surface area contributed by atoms with Crippen molar-refractivity contribution in [2.24, 2.45) is 5.92 Å². The molecule has 0 radical (unpaired) electrons. The number of unbranched alkanes of at least 4 members (excludes halogenated alkanes) is 2. The van der Waals surface area contributed by atoms with Gasteiger partial charge in [-0.3, -0.25) is 0 Å². The summed E-state index contributed by atoms with van der Waals surface area (Å²) in [5.74, 6) is -0.0884. The van der Waals surface area contributed by atoms with E-state index in [0.717, 1.165) is 56.9 Å². The fraction of sp³-hybridized carbons (Fsp3) is 0.625. The van der Waals surface area contributed by atoms with Gasteiger partial charge in [-0.15, -0.1) is 0 Å². The largest absolute Gasteiger partial charge is 0.373 e. The summed E-state index contributed by atoms with van der Waals surface area (Å²) >= 11 is 0. The van der Waals surface area contributed by atoms with E-state index in [4.69, 9.17) is 4.74 Å². The maximum absolute atomic E-state index is 15.6. The molecule has 0 amide bonds. The summed E-state index contributed by atoms with van der Waals surface area (Å²) in [7, 11) is 0. The summed E-state index contributed by atoms with van der Waals surface area (Å²) in [5.41, 5.74) is 3.01. The number of ether oxygens (including phenoxy) is 1. The molecule has 4 rings (SSSR count). The third kappa shape index (κ3) is 6.54. The first-order valence-corrected chi connectivity index (χ1v) is 14.3. The van der Waals surface area contributed by atoms with Gasteiger partial charge < -0.3 is 4.74 Å². The summed E-state index contributed by atoms with van der Waals surface area (Å²) in [4.78, 5) is 0. The lowest BCUT2D eigenvalue weighted by Crippen LogP contribution is -2.22. The minimum atomic E-state index is -2.81. The van der Waals surface area contributed by atoms with Gasteiger partial charge in [-0.1, -0.05) is 82.3 Å². The quantitative estimate of drug-likeness (QED) is 0.295. The molecule has 4 heteroatoms. The van der Waals surface area contributed by atoms with E-state index in [1.807, 2.05) is 0 Å². The Labute approximate surface area is 215 Å². The molecular weight excluding hydrogens is 457 g/mol. The minimum absolute atomic E-state index is 0.0245. The second kappa shape index (κ2) is 13.1. The van der Waals surface area contributed by atoms with Crippen molar-refractivity contribution in [2.45, 2.75) is 115 Å². The highest BCUT2D eigenvalue weighted by molar-refractivity contribution is 5.39. The minimum Gasteiger partial charge on any atom is -0.373 e. The van der Waals surface area contributed by atoms with Crippen molar-refractivity contribution < 1.29 is 17.9 Å². The number of aryl methyl sites for hydroxylation is 1. The SMILES string of the molecule is CCCCCC1CCC(c2ccc(C3CCC(c4ccc(CCC)cc4)OC3)c(C(F)F)c2F)CC1. The average molecular weight is 501 g/mol. The van der Waals surface area contributed by atoms with Crippen LogP contribution in [0.15, 0.2) is 36.4 Å². The van der Waals surface area contributed by atoms with Gasteiger partial charge in [0, 0.05) is 5.92 Å². The highest BCUT2D eigenvalue weighted by Gasteiger charge is 2.32. The second-order valence-corrected chi connectivity index (χ2v) is 11.1. The third-order valence-electron chi connectivity index (χ3n) is 8.57. The number of benzene rings is 2. The molecule has 0 spiro atoms. The molecule has 2 aliphatic rings. The maximum atomic E-state index is 15.6. The Hall–Kier alpha value is -1.81. The normalized spacial score (nSPS) is 24.8. The zero-order chi connectivity index (χ0) is 25.5. The summed E-state index contributed by atoms with van der Waals surface area (Å²) in [6, 6.07) is 12.1. The molecule has 1 aliphatic heterocycles. The zero-order valence-corrected chi connectivity index (χ0v) is 22.1. The van der Waals surface area contributed by atoms with Gasteiger partial charge in [-0.25, -0.2) is 13.2 Å². The van der Waals surface area contributed by atoms with E-state index in [9.17, 15) is 8.78 Å². The standard InChI is InChI=1S/C32H43F3O/c1-3-5-6-8-23-9-13-24(14-10-23)28-19-18-27(30(31(28)33)32(34)35)26-17-20-29(36-21-26)25-15-11-22(7-4-2)12-16-25/h11-12,15-16,18-19,23-24,26,29,32H,3-10,13-14,17,20-21H2,1-2H3. The molecule has 2 unspecified atom stereocenters. The van der Waals surface area contributed by atoms with E-state index in [1.165, 1.54) is 31.2 Å². The molecule has 1 saturated carbocycles. The first kappa shape index (κ1) is 27.2. The highest BCUT2D eigenvalue weighted by Crippen LogP contribution is 2.44. The van der Waals surface area contributed by atoms with Crippen LogP contribution < -0.4 is 0 Å². The van der Waals surface area contributed by atoms with Crippen molar-refractivity contribution >= 4 is 0 Å². The molecular formula is C32H43F3O. The van der Waals surface area contributed by atoms with Crippen LogP contribution in [0.5, 0.6) is 0 Å². The Bertz CT molecular complexity index is 939. The molecule has 0 aromatic heterocycles. The van der Waals surface area contributed by atoms with Crippen LogP contribution in [0.3, 0.4) is 0 Å². The topological polar surface area (TPSA) is 9.23 Å². The first-order valence-electron chi connectivity index (χ1n) is 14.3. The van der Waals surface area contributed by atoms with Gasteiger partial charge >= 0.3 is 0 Å². The molecule has 198 valence electrons. The summed E-state index contributed by atoms with van der Waals surface area (Å²) in [5, 5.41) is 0. The van der Waals surface area contributed by atoms with Crippen molar-refractivity contribution in [1.82, 2.24) is 0 Å². The van der Waals surface area contributed by atoms with E-state index in [-0.39, 0.29) is 23.5 Å². The van der Waals surface area contributed by atoms with Gasteiger partial charge in [-0.05, 0) is 79.0 Å². The average Bonchev–Trinajstić information content (AvgIpc) is 2.90. The molecule has 1 saturated heterocycles. The Morgan fingerprint density at radius 2 is 1.50 bits per heavy atom. The molecule has 2 aromatic rings. The molecule has 36 heavy (non-hydrogen) atoms. The molecule has 2 fully saturated rings. The molecule has 0 bridgehead atoms. The lowest BCUT2D eigenvalue weighted by Gasteiger charge is -2.32. The Kier molecular flexibility index (Phi) is 9.93. The monoisotopic (exact) mass is 500 g/mol. The van der Waals surface area contributed by atoms with Crippen LogP contribution in [-0.2, 0) is 11.2 Å². The van der Waals surface area contributed by atoms with Crippen LogP contribution in [0.1, 0.15) is 137 Å². The van der Waals surface area contributed by atoms with Crippen molar-refractivity contribution in [1.29, 1.82) is 0 Å². The second-order valence-electron chi connectivity index (χ2n) is 11.1. The molecule has 1 heterocycles. The maximum Gasteiger partial charge on any atom is 0.266 e. The Morgan fingerprint density at radius 3 is 2.11 bits per heavy atom. The first-order chi connectivity index (χ1) is 17.5. The predicted molar refractivity (Wildman–Crippen MR) is 141 cm³/mol. The predicted octanol–water partition coefficient (Wildman–Crippen LogP) is 10.2. The van der Waals surface area contributed by atoms with Crippen LogP contribution in [0.25, 0.3) is 0 Å². The van der Waals surface area contributed by atoms with Crippen LogP contribution in [-0.4, -0.2) is 6.61 Å². The fourth-order valence-corrected chi connectivity index (χ4v) is 6.41. The van der Waals surface area contributed by atoms with Crippen molar-refractivity contribution in [2.75, 3.05) is 6.61 Å². The number of hydrogen-bond acceptors (Lipinski definition) is 1. The molecule has 2 aromatic carbocycles. The molecule has 1 nitrogen and oxygen atoms in total. The molecule has 1 aliphatic carbocycles. The van der Waals surface area contributed by atoms with E-state index in [0.29, 0.717) is 23.7 Å². The number of alkyl halides is 2. The smallest absolute Gasteiger partial charge is 0.266 e. The van der Waals surface area contributed by atoms with Gasteiger partial charge in [-0.2, -0.15) is 0 Å². The zero-order valence-electron chi connectivity index (χ0n) is 22.1. The van der Waals surface area contributed by atoms with Crippen LogP contribution in [0, 0.1) is 11.7 Å². The van der Waals surface area contributed by atoms with Gasteiger partial charge in [0.2, 0.25) is 0 Å². The van der Waals surface area contributed by atoms with Gasteiger partial charge in [0.05, 0.1) is 18.3 Å². The van der Waals surface area contributed by atoms with Gasteiger partial charge in [0.1, 0.15) is 5.82 Å². The molecule has 2 atom stereocenters. The summed E-state index contributed by atoms with van der Waals surface area (Å²) in [6.45, 7) is 4.73. The van der Waals surface area contributed by atoms with Crippen molar-refractivity contribution in [3.05, 3.63) is 70.0 Å². The van der Waals surface area contributed by atoms with E-state index in [2.05, 4.69) is 38.1 Å². The fourth-order valence-electron chi connectivity index (χ4n) is 6.41. The Balaban J connectivity index is 1.41. The third-order valence-corrected chi connectivity index (χ3v) is 8.57. The number of rotatable bonds is 10. The van der Waals surface area contributed by atoms with Gasteiger partial charge in [0.25, 0.3) is 6.43 Å². The van der Waals surface area contributed by atoms with Gasteiger partial charge in [0.15, 0.2) is 0 Å². The lowest BCUT2D eigenvalue weighted by atomic mass is 9.76. The van der Waals surface area contributed by atoms with E-state index < -0.39 is 12.2 Å². The Morgan fingerprint density at radius 1 is 0.806 bits per heavy atom. The number of hydrogen-bond donors (Lipinski definition) is 0.